The molecule has 0 fully saturated rings. The number of carboxylic acid groups (broad SMARTS) is 1. The normalized spacial score (nSPS) is 14.6. The molecule has 0 rings (SSSR count). The molecule has 118 valence electrons. The van der Waals surface area contributed by atoms with E-state index < -0.39 is 34.0 Å². The van der Waals surface area contributed by atoms with Crippen molar-refractivity contribution in [1.82, 2.24) is 10.0 Å². The summed E-state index contributed by atoms with van der Waals surface area (Å²) in [4.78, 5) is 22.8. The quantitative estimate of drug-likeness (QED) is 0.522. The van der Waals surface area contributed by atoms with Gasteiger partial charge in [0.25, 0.3) is 0 Å². The number of carbonyl (C=O) groups is 2. The van der Waals surface area contributed by atoms with Gasteiger partial charge < -0.3 is 10.4 Å². The first-order chi connectivity index (χ1) is 9.23. The lowest BCUT2D eigenvalue weighted by molar-refractivity contribution is -0.142. The lowest BCUT2D eigenvalue weighted by Crippen LogP contribution is -2.50. The van der Waals surface area contributed by atoms with Gasteiger partial charge in [0.2, 0.25) is 15.9 Å². The van der Waals surface area contributed by atoms with Crippen LogP contribution in [0.3, 0.4) is 0 Å². The summed E-state index contributed by atoms with van der Waals surface area (Å²) in [7, 11) is -3.51. The second kappa shape index (κ2) is 9.19. The number of carbonyl (C=O) groups excluding carboxylic acids is 1. The maximum Gasteiger partial charge on any atom is 0.326 e. The molecule has 7 nitrogen and oxygen atoms in total. The van der Waals surface area contributed by atoms with Crippen LogP contribution in [0, 0.1) is 0 Å². The van der Waals surface area contributed by atoms with Crippen LogP contribution in [0.4, 0.5) is 0 Å². The van der Waals surface area contributed by atoms with E-state index in [2.05, 4.69) is 10.0 Å². The largest absolute Gasteiger partial charge is 0.480 e. The molecule has 0 radical (unpaired) electrons. The van der Waals surface area contributed by atoms with Gasteiger partial charge in [-0.1, -0.05) is 6.92 Å². The van der Waals surface area contributed by atoms with E-state index in [9.17, 15) is 18.0 Å². The molecule has 0 saturated carbocycles. The summed E-state index contributed by atoms with van der Waals surface area (Å²) in [6.07, 6.45) is 2.56. The smallest absolute Gasteiger partial charge is 0.326 e. The summed E-state index contributed by atoms with van der Waals surface area (Å²) < 4.78 is 25.3. The molecule has 0 spiro atoms. The minimum Gasteiger partial charge on any atom is -0.480 e. The molecular weight excluding hydrogens is 304 g/mol. The fourth-order valence-corrected chi connectivity index (χ4v) is 3.21. The van der Waals surface area contributed by atoms with Crippen LogP contribution in [0.25, 0.3) is 0 Å². The van der Waals surface area contributed by atoms with Crippen molar-refractivity contribution in [2.45, 2.75) is 38.8 Å². The minimum absolute atomic E-state index is 0.0700. The van der Waals surface area contributed by atoms with Gasteiger partial charge in [0.15, 0.2) is 0 Å². The van der Waals surface area contributed by atoms with E-state index in [0.29, 0.717) is 12.2 Å². The number of nitrogens with one attached hydrogen (secondary N) is 2. The van der Waals surface area contributed by atoms with E-state index in [1.165, 1.54) is 18.7 Å². The zero-order valence-corrected chi connectivity index (χ0v) is 13.5. The summed E-state index contributed by atoms with van der Waals surface area (Å²) in [5, 5.41) is 11.3. The summed E-state index contributed by atoms with van der Waals surface area (Å²) in [6.45, 7) is 3.10. The van der Waals surface area contributed by atoms with Crippen LogP contribution in [0.15, 0.2) is 0 Å². The van der Waals surface area contributed by atoms with Crippen molar-refractivity contribution in [3.05, 3.63) is 0 Å². The number of carboxylic acids is 1. The average molecular weight is 326 g/mol. The fourth-order valence-electron chi connectivity index (χ4n) is 1.44. The van der Waals surface area contributed by atoms with Gasteiger partial charge in [-0.25, -0.2) is 17.9 Å². The molecule has 0 aromatic rings. The second-order valence-electron chi connectivity index (χ2n) is 4.34. The Balaban J connectivity index is 4.53. The molecule has 3 N–H and O–H groups in total. The standard InChI is InChI=1S/C11H22N2O5S2/c1-4-7-20(17,18)13-8(2)10(14)12-9(11(15)16)5-6-19-3/h8-9,13H,4-7H2,1-3H3,(H,12,14)(H,15,16)/t8?,9-/m1/s1. The molecule has 1 amide bonds. The summed E-state index contributed by atoms with van der Waals surface area (Å²) in [6, 6.07) is -2.00. The first kappa shape index (κ1) is 19.2. The predicted molar refractivity (Wildman–Crippen MR) is 79.2 cm³/mol. The Morgan fingerprint density at radius 2 is 1.95 bits per heavy atom. The highest BCUT2D eigenvalue weighted by molar-refractivity contribution is 7.98. The third kappa shape index (κ3) is 7.71. The summed E-state index contributed by atoms with van der Waals surface area (Å²) >= 11 is 1.47. The van der Waals surface area contributed by atoms with E-state index in [0.717, 1.165) is 0 Å². The molecule has 0 heterocycles. The average Bonchev–Trinajstić information content (AvgIpc) is 2.32. The maximum absolute atomic E-state index is 11.8. The maximum atomic E-state index is 11.8. The SMILES string of the molecule is CCCS(=O)(=O)NC(C)C(=O)N[C@H](CCSC)C(=O)O. The Labute approximate surface area is 123 Å². The molecule has 0 aliphatic carbocycles. The van der Waals surface area contributed by atoms with Crippen molar-refractivity contribution in [2.75, 3.05) is 17.8 Å². The summed E-state index contributed by atoms with van der Waals surface area (Å²) in [5.74, 6) is -1.25. The van der Waals surface area contributed by atoms with E-state index in [4.69, 9.17) is 5.11 Å². The fraction of sp³-hybridized carbons (Fsp3) is 0.818. The number of rotatable bonds is 10. The Morgan fingerprint density at radius 1 is 1.35 bits per heavy atom. The van der Waals surface area contributed by atoms with Crippen LogP contribution in [-0.4, -0.2) is 55.2 Å². The number of sulfonamides is 1. The molecule has 0 aliphatic heterocycles. The van der Waals surface area contributed by atoms with Gasteiger partial charge in [-0.2, -0.15) is 11.8 Å². The molecule has 20 heavy (non-hydrogen) atoms. The molecule has 2 atom stereocenters. The van der Waals surface area contributed by atoms with Gasteiger partial charge in [-0.3, -0.25) is 4.79 Å². The Kier molecular flexibility index (Phi) is 8.83. The number of thioether (sulfide) groups is 1. The first-order valence-electron chi connectivity index (χ1n) is 6.25. The second-order valence-corrected chi connectivity index (χ2v) is 7.20. The molecule has 0 bridgehead atoms. The number of amides is 1. The molecule has 0 aromatic carbocycles. The van der Waals surface area contributed by atoms with Gasteiger partial charge in [-0.05, 0) is 31.8 Å². The van der Waals surface area contributed by atoms with Gasteiger partial charge in [0.05, 0.1) is 11.8 Å². The topological polar surface area (TPSA) is 113 Å². The van der Waals surface area contributed by atoms with Gasteiger partial charge in [0, 0.05) is 0 Å². The lowest BCUT2D eigenvalue weighted by atomic mass is 10.2. The highest BCUT2D eigenvalue weighted by atomic mass is 32.2. The van der Waals surface area contributed by atoms with E-state index in [1.54, 1.807) is 6.92 Å². The van der Waals surface area contributed by atoms with Gasteiger partial charge >= 0.3 is 5.97 Å². The van der Waals surface area contributed by atoms with Crippen molar-refractivity contribution < 1.29 is 23.1 Å². The van der Waals surface area contributed by atoms with Crippen LogP contribution >= 0.6 is 11.8 Å². The number of hydrogen-bond donors (Lipinski definition) is 3. The predicted octanol–water partition coefficient (Wildman–Crippen LogP) is 0.0268. The highest BCUT2D eigenvalue weighted by Crippen LogP contribution is 2.02. The van der Waals surface area contributed by atoms with E-state index in [-0.39, 0.29) is 12.2 Å². The number of hydrogen-bond acceptors (Lipinski definition) is 5. The third-order valence-electron chi connectivity index (χ3n) is 2.45. The number of aliphatic carboxylic acids is 1. The molecular formula is C11H22N2O5S2. The van der Waals surface area contributed by atoms with Gasteiger partial charge in [0.1, 0.15) is 6.04 Å². The molecule has 1 unspecified atom stereocenters. The van der Waals surface area contributed by atoms with E-state index >= 15 is 0 Å². The molecule has 0 saturated heterocycles. The van der Waals surface area contributed by atoms with Crippen LogP contribution in [-0.2, 0) is 19.6 Å². The van der Waals surface area contributed by atoms with Crippen molar-refractivity contribution >= 4 is 33.7 Å². The zero-order valence-electron chi connectivity index (χ0n) is 11.9. The lowest BCUT2D eigenvalue weighted by Gasteiger charge is -2.18. The Hall–Kier alpha value is -0.800. The monoisotopic (exact) mass is 326 g/mol. The third-order valence-corrected chi connectivity index (χ3v) is 4.75. The van der Waals surface area contributed by atoms with Crippen LogP contribution in [0.1, 0.15) is 26.7 Å². The van der Waals surface area contributed by atoms with Crippen LogP contribution < -0.4 is 10.0 Å². The Morgan fingerprint density at radius 3 is 2.40 bits per heavy atom. The van der Waals surface area contributed by atoms with Crippen molar-refractivity contribution in [1.29, 1.82) is 0 Å². The van der Waals surface area contributed by atoms with Crippen molar-refractivity contribution in [3.8, 4) is 0 Å². The summed E-state index contributed by atoms with van der Waals surface area (Å²) in [5.41, 5.74) is 0. The van der Waals surface area contributed by atoms with Gasteiger partial charge in [-0.15, -0.1) is 0 Å². The molecule has 0 aromatic heterocycles. The van der Waals surface area contributed by atoms with E-state index in [1.807, 2.05) is 6.26 Å². The Bertz CT molecular complexity index is 425. The minimum atomic E-state index is -3.51. The zero-order chi connectivity index (χ0) is 15.8. The van der Waals surface area contributed by atoms with Crippen LogP contribution in [0.2, 0.25) is 0 Å². The van der Waals surface area contributed by atoms with Crippen molar-refractivity contribution in [2.24, 2.45) is 0 Å². The first-order valence-corrected chi connectivity index (χ1v) is 9.30. The molecule has 0 aliphatic rings. The van der Waals surface area contributed by atoms with Crippen LogP contribution in [0.5, 0.6) is 0 Å². The molecule has 9 heteroatoms. The van der Waals surface area contributed by atoms with Crippen molar-refractivity contribution in [3.63, 3.8) is 0 Å². The highest BCUT2D eigenvalue weighted by Gasteiger charge is 2.24.